The number of para-hydroxylation sites is 2. The highest BCUT2D eigenvalue weighted by molar-refractivity contribution is 5.94. The lowest BCUT2D eigenvalue weighted by molar-refractivity contribution is -0.383. The van der Waals surface area contributed by atoms with Gasteiger partial charge in [0.15, 0.2) is 0 Å². The van der Waals surface area contributed by atoms with Gasteiger partial charge in [-0.05, 0) is 38.5 Å². The Labute approximate surface area is 123 Å². The van der Waals surface area contributed by atoms with Gasteiger partial charge >= 0.3 is 0 Å². The van der Waals surface area contributed by atoms with Crippen LogP contribution in [0, 0.1) is 16.0 Å². The van der Waals surface area contributed by atoms with Crippen LogP contribution in [0.25, 0.3) is 0 Å². The van der Waals surface area contributed by atoms with Gasteiger partial charge in [0.05, 0.1) is 11.5 Å². The van der Waals surface area contributed by atoms with Crippen LogP contribution in [0.15, 0.2) is 24.3 Å². The average Bonchev–Trinajstić information content (AvgIpc) is 2.86. The lowest BCUT2D eigenvalue weighted by Gasteiger charge is -2.15. The number of hydrogen-bond acceptors (Lipinski definition) is 5. The lowest BCUT2D eigenvalue weighted by atomic mass is 10.1. The van der Waals surface area contributed by atoms with Gasteiger partial charge in [0.2, 0.25) is 5.91 Å². The van der Waals surface area contributed by atoms with Gasteiger partial charge in [0, 0.05) is 12.6 Å². The van der Waals surface area contributed by atoms with Crippen molar-refractivity contribution in [2.75, 3.05) is 38.5 Å². The van der Waals surface area contributed by atoms with E-state index in [1.165, 1.54) is 6.07 Å². The zero-order valence-electron chi connectivity index (χ0n) is 12.0. The number of carbonyl (C=O) groups excluding carboxylic acids is 1. The Morgan fingerprint density at radius 3 is 2.95 bits per heavy atom. The zero-order chi connectivity index (χ0) is 15.2. The Hall–Kier alpha value is -1.99. The summed E-state index contributed by atoms with van der Waals surface area (Å²) in [5.41, 5.74) is 0.166. The van der Waals surface area contributed by atoms with Gasteiger partial charge in [0.25, 0.3) is 5.69 Å². The third kappa shape index (κ3) is 4.24. The highest BCUT2D eigenvalue weighted by Gasteiger charge is 2.24. The van der Waals surface area contributed by atoms with E-state index in [9.17, 15) is 14.9 Å². The van der Waals surface area contributed by atoms with Crippen molar-refractivity contribution in [3.05, 3.63) is 34.4 Å². The molecule has 114 valence electrons. The highest BCUT2D eigenvalue weighted by Crippen LogP contribution is 2.23. The number of rotatable bonds is 6. The maximum Gasteiger partial charge on any atom is 0.292 e. The second-order valence-corrected chi connectivity index (χ2v) is 5.27. The smallest absolute Gasteiger partial charge is 0.292 e. The molecule has 1 saturated heterocycles. The minimum Gasteiger partial charge on any atom is -0.319 e. The Kier molecular flexibility index (Phi) is 5.24. The molecule has 2 N–H and O–H groups in total. The molecule has 0 aromatic heterocycles. The minimum atomic E-state index is -0.492. The molecule has 7 nitrogen and oxygen atoms in total. The number of anilines is 1. The van der Waals surface area contributed by atoms with Crippen LogP contribution in [0.1, 0.15) is 6.42 Å². The first-order chi connectivity index (χ1) is 10.1. The van der Waals surface area contributed by atoms with Crippen molar-refractivity contribution in [3.8, 4) is 0 Å². The van der Waals surface area contributed by atoms with Gasteiger partial charge in [-0.2, -0.15) is 0 Å². The van der Waals surface area contributed by atoms with E-state index in [-0.39, 0.29) is 23.8 Å². The van der Waals surface area contributed by atoms with Crippen LogP contribution in [-0.2, 0) is 4.79 Å². The summed E-state index contributed by atoms with van der Waals surface area (Å²) in [4.78, 5) is 24.5. The van der Waals surface area contributed by atoms with E-state index in [1.807, 2.05) is 7.05 Å². The van der Waals surface area contributed by atoms with Crippen LogP contribution in [-0.4, -0.2) is 49.0 Å². The van der Waals surface area contributed by atoms with Crippen LogP contribution in [0.5, 0.6) is 0 Å². The molecule has 1 unspecified atom stereocenters. The van der Waals surface area contributed by atoms with Crippen molar-refractivity contribution >= 4 is 17.3 Å². The SMILES string of the molecule is CNCC1CCN(CC(=O)Nc2ccccc2[N+](=O)[O-])C1. The summed E-state index contributed by atoms with van der Waals surface area (Å²) in [6.07, 6.45) is 1.07. The summed E-state index contributed by atoms with van der Waals surface area (Å²) >= 11 is 0. The fraction of sp³-hybridized carbons (Fsp3) is 0.500. The van der Waals surface area contributed by atoms with Gasteiger partial charge in [-0.15, -0.1) is 0 Å². The summed E-state index contributed by atoms with van der Waals surface area (Å²) in [6.45, 7) is 2.98. The number of hydrogen-bond donors (Lipinski definition) is 2. The van der Waals surface area contributed by atoms with Gasteiger partial charge in [0.1, 0.15) is 5.69 Å². The number of carbonyl (C=O) groups is 1. The van der Waals surface area contributed by atoms with Crippen molar-refractivity contribution in [1.29, 1.82) is 0 Å². The number of nitrogens with zero attached hydrogens (tertiary/aromatic N) is 2. The second kappa shape index (κ2) is 7.14. The molecule has 1 aliphatic heterocycles. The third-order valence-electron chi connectivity index (χ3n) is 3.60. The van der Waals surface area contributed by atoms with E-state index in [0.29, 0.717) is 5.92 Å². The molecule has 0 bridgehead atoms. The standard InChI is InChI=1S/C14H20N4O3/c1-15-8-11-6-7-17(9-11)10-14(19)16-12-4-2-3-5-13(12)18(20)21/h2-5,11,15H,6-10H2,1H3,(H,16,19). The molecule has 1 amide bonds. The van der Waals surface area contributed by atoms with Crippen LogP contribution in [0.3, 0.4) is 0 Å². The summed E-state index contributed by atoms with van der Waals surface area (Å²) < 4.78 is 0. The molecular formula is C14H20N4O3. The Morgan fingerprint density at radius 1 is 1.48 bits per heavy atom. The van der Waals surface area contributed by atoms with Crippen molar-refractivity contribution < 1.29 is 9.72 Å². The molecule has 0 saturated carbocycles. The Balaban J connectivity index is 1.90. The van der Waals surface area contributed by atoms with Crippen LogP contribution < -0.4 is 10.6 Å². The van der Waals surface area contributed by atoms with E-state index in [2.05, 4.69) is 15.5 Å². The summed E-state index contributed by atoms with van der Waals surface area (Å²) in [5, 5.41) is 16.7. The fourth-order valence-corrected chi connectivity index (χ4v) is 2.64. The number of nitro groups is 1. The van der Waals surface area contributed by atoms with Crippen LogP contribution in [0.4, 0.5) is 11.4 Å². The van der Waals surface area contributed by atoms with Crippen LogP contribution in [0.2, 0.25) is 0 Å². The summed E-state index contributed by atoms with van der Waals surface area (Å²) in [7, 11) is 1.92. The Bertz CT molecular complexity index is 521. The van der Waals surface area contributed by atoms with Crippen molar-refractivity contribution in [1.82, 2.24) is 10.2 Å². The number of amides is 1. The van der Waals surface area contributed by atoms with E-state index >= 15 is 0 Å². The average molecular weight is 292 g/mol. The third-order valence-corrected chi connectivity index (χ3v) is 3.60. The molecule has 1 aromatic rings. The minimum absolute atomic E-state index is 0.0830. The molecule has 0 spiro atoms. The first kappa shape index (κ1) is 15.4. The molecule has 2 rings (SSSR count). The predicted molar refractivity (Wildman–Crippen MR) is 80.2 cm³/mol. The van der Waals surface area contributed by atoms with E-state index in [4.69, 9.17) is 0 Å². The summed E-state index contributed by atoms with van der Waals surface area (Å²) in [6, 6.07) is 6.18. The molecule has 21 heavy (non-hydrogen) atoms. The van der Waals surface area contributed by atoms with Crippen molar-refractivity contribution in [2.24, 2.45) is 5.92 Å². The molecule has 7 heteroatoms. The predicted octanol–water partition coefficient (Wildman–Crippen LogP) is 1.07. The molecule has 1 atom stereocenters. The number of benzene rings is 1. The molecule has 0 aliphatic carbocycles. The molecule has 0 radical (unpaired) electrons. The largest absolute Gasteiger partial charge is 0.319 e. The lowest BCUT2D eigenvalue weighted by Crippen LogP contribution is -2.32. The normalized spacial score (nSPS) is 18.6. The molecule has 1 aromatic carbocycles. The molecule has 1 fully saturated rings. The molecular weight excluding hydrogens is 272 g/mol. The quantitative estimate of drug-likeness (QED) is 0.605. The highest BCUT2D eigenvalue weighted by atomic mass is 16.6. The van der Waals surface area contributed by atoms with E-state index < -0.39 is 4.92 Å². The maximum absolute atomic E-state index is 12.0. The first-order valence-electron chi connectivity index (χ1n) is 7.00. The zero-order valence-corrected chi connectivity index (χ0v) is 12.0. The first-order valence-corrected chi connectivity index (χ1v) is 7.00. The maximum atomic E-state index is 12.0. The van der Waals surface area contributed by atoms with Crippen molar-refractivity contribution in [3.63, 3.8) is 0 Å². The molecule has 1 heterocycles. The van der Waals surface area contributed by atoms with E-state index in [1.54, 1.807) is 18.2 Å². The van der Waals surface area contributed by atoms with Gasteiger partial charge in [-0.1, -0.05) is 12.1 Å². The van der Waals surface area contributed by atoms with Crippen molar-refractivity contribution in [2.45, 2.75) is 6.42 Å². The second-order valence-electron chi connectivity index (χ2n) is 5.27. The van der Waals surface area contributed by atoms with Crippen LogP contribution >= 0.6 is 0 Å². The number of likely N-dealkylation sites (tertiary alicyclic amines) is 1. The fourth-order valence-electron chi connectivity index (χ4n) is 2.64. The topological polar surface area (TPSA) is 87.5 Å². The van der Waals surface area contributed by atoms with E-state index in [0.717, 1.165) is 26.1 Å². The van der Waals surface area contributed by atoms with Gasteiger partial charge < -0.3 is 10.6 Å². The van der Waals surface area contributed by atoms with Gasteiger partial charge in [-0.25, -0.2) is 0 Å². The number of nitrogens with one attached hydrogen (secondary N) is 2. The number of nitro benzene ring substituents is 1. The Morgan fingerprint density at radius 2 is 2.24 bits per heavy atom. The molecule has 1 aliphatic rings. The summed E-state index contributed by atoms with van der Waals surface area (Å²) in [5.74, 6) is 0.350. The van der Waals surface area contributed by atoms with Gasteiger partial charge in [-0.3, -0.25) is 19.8 Å². The monoisotopic (exact) mass is 292 g/mol.